The van der Waals surface area contributed by atoms with E-state index >= 15 is 0 Å². The molecule has 0 saturated carbocycles. The largest absolute Gasteiger partial charge is 0.305 e. The average Bonchev–Trinajstić information content (AvgIpc) is 2.66. The van der Waals surface area contributed by atoms with Crippen molar-refractivity contribution in [1.82, 2.24) is 5.32 Å². The smallest absolute Gasteiger partial charge is 0.0305 e. The highest BCUT2D eigenvalue weighted by Gasteiger charge is 2.08. The van der Waals surface area contributed by atoms with Gasteiger partial charge >= 0.3 is 0 Å². The third-order valence-corrected chi connectivity index (χ3v) is 4.61. The molecule has 0 fully saturated rings. The highest BCUT2D eigenvalue weighted by atomic mass is 32.1. The van der Waals surface area contributed by atoms with E-state index in [2.05, 4.69) is 63.3 Å². The molecule has 2 heteroatoms. The minimum absolute atomic E-state index is 0.397. The van der Waals surface area contributed by atoms with Gasteiger partial charge in [0.15, 0.2) is 0 Å². The summed E-state index contributed by atoms with van der Waals surface area (Å²) < 4.78 is 0. The summed E-state index contributed by atoms with van der Waals surface area (Å²) in [7, 11) is 0. The van der Waals surface area contributed by atoms with Gasteiger partial charge in [-0.3, -0.25) is 0 Å². The molecule has 0 aliphatic heterocycles. The Labute approximate surface area is 114 Å². The van der Waals surface area contributed by atoms with Crippen molar-refractivity contribution in [1.29, 1.82) is 0 Å². The molecule has 1 aromatic heterocycles. The minimum atomic E-state index is 0.397. The lowest BCUT2D eigenvalue weighted by atomic mass is 10.0. The second-order valence-corrected chi connectivity index (χ2v) is 6.25. The highest BCUT2D eigenvalue weighted by Crippen LogP contribution is 2.22. The van der Waals surface area contributed by atoms with E-state index in [0.29, 0.717) is 6.04 Å². The van der Waals surface area contributed by atoms with Gasteiger partial charge in [-0.2, -0.15) is 0 Å². The predicted octanol–water partition coefficient (Wildman–Crippen LogP) is 4.52. The van der Waals surface area contributed by atoms with E-state index in [1.54, 1.807) is 0 Å². The van der Waals surface area contributed by atoms with Gasteiger partial charge in [0.25, 0.3) is 0 Å². The van der Waals surface area contributed by atoms with Gasteiger partial charge in [0.1, 0.15) is 0 Å². The van der Waals surface area contributed by atoms with Crippen LogP contribution in [0.15, 0.2) is 30.3 Å². The van der Waals surface area contributed by atoms with Gasteiger partial charge < -0.3 is 5.32 Å². The van der Waals surface area contributed by atoms with Crippen molar-refractivity contribution in [2.75, 3.05) is 0 Å². The third-order valence-electron chi connectivity index (χ3n) is 3.45. The maximum Gasteiger partial charge on any atom is 0.0305 e. The van der Waals surface area contributed by atoms with Gasteiger partial charge in [-0.25, -0.2) is 0 Å². The van der Waals surface area contributed by atoms with Crippen molar-refractivity contribution in [3.05, 3.63) is 56.8 Å². The first kappa shape index (κ1) is 13.3. The Morgan fingerprint density at radius 3 is 2.44 bits per heavy atom. The summed E-state index contributed by atoms with van der Waals surface area (Å²) in [6.45, 7) is 9.73. The molecule has 1 nitrogen and oxygen atoms in total. The van der Waals surface area contributed by atoms with Gasteiger partial charge in [-0.15, -0.1) is 11.3 Å². The van der Waals surface area contributed by atoms with Crippen LogP contribution < -0.4 is 5.32 Å². The maximum atomic E-state index is 3.61. The van der Waals surface area contributed by atoms with Crippen molar-refractivity contribution in [2.45, 2.75) is 40.3 Å². The van der Waals surface area contributed by atoms with Crippen molar-refractivity contribution >= 4 is 11.3 Å². The first-order valence-electron chi connectivity index (χ1n) is 6.42. The van der Waals surface area contributed by atoms with E-state index < -0.39 is 0 Å². The molecule has 0 amide bonds. The molecule has 2 aromatic rings. The van der Waals surface area contributed by atoms with E-state index in [4.69, 9.17) is 0 Å². The Morgan fingerprint density at radius 2 is 1.83 bits per heavy atom. The van der Waals surface area contributed by atoms with Crippen LogP contribution in [0.3, 0.4) is 0 Å². The van der Waals surface area contributed by atoms with E-state index in [0.717, 1.165) is 6.54 Å². The summed E-state index contributed by atoms with van der Waals surface area (Å²) in [5, 5.41) is 3.61. The molecular formula is C16H21NS. The van der Waals surface area contributed by atoms with Crippen LogP contribution in [0.2, 0.25) is 0 Å². The number of thiophene rings is 1. The number of nitrogens with one attached hydrogen (secondary N) is 1. The quantitative estimate of drug-likeness (QED) is 0.851. The lowest BCUT2D eigenvalue weighted by Crippen LogP contribution is -2.18. The van der Waals surface area contributed by atoms with E-state index in [-0.39, 0.29) is 0 Å². The topological polar surface area (TPSA) is 12.0 Å². The summed E-state index contributed by atoms with van der Waals surface area (Å²) in [5.74, 6) is 0. The molecule has 18 heavy (non-hydrogen) atoms. The van der Waals surface area contributed by atoms with Crippen LogP contribution >= 0.6 is 11.3 Å². The van der Waals surface area contributed by atoms with Crippen LogP contribution in [0.4, 0.5) is 0 Å². The van der Waals surface area contributed by atoms with Gasteiger partial charge in [0, 0.05) is 22.3 Å². The maximum absolute atomic E-state index is 3.61. The van der Waals surface area contributed by atoms with Crippen LogP contribution in [0.5, 0.6) is 0 Å². The molecule has 0 spiro atoms. The second kappa shape index (κ2) is 5.68. The van der Waals surface area contributed by atoms with Gasteiger partial charge in [0.2, 0.25) is 0 Å². The molecule has 0 bridgehead atoms. The molecule has 1 aromatic carbocycles. The molecule has 96 valence electrons. The van der Waals surface area contributed by atoms with Crippen molar-refractivity contribution in [3.8, 4) is 0 Å². The first-order chi connectivity index (χ1) is 8.58. The summed E-state index contributed by atoms with van der Waals surface area (Å²) in [5.41, 5.74) is 4.15. The van der Waals surface area contributed by atoms with E-state index in [1.165, 1.54) is 26.4 Å². The lowest BCUT2D eigenvalue weighted by molar-refractivity contribution is 0.576. The number of hydrogen-bond acceptors (Lipinski definition) is 2. The molecule has 0 aliphatic rings. The second-order valence-electron chi connectivity index (χ2n) is 4.91. The van der Waals surface area contributed by atoms with Crippen molar-refractivity contribution in [3.63, 3.8) is 0 Å². The molecule has 1 unspecified atom stereocenters. The SMILES string of the molecule is Cc1ccccc1C(C)NCc1cc(C)c(C)s1. The normalized spacial score (nSPS) is 12.7. The Bertz CT molecular complexity index is 508. The Hall–Kier alpha value is -1.12. The zero-order chi connectivity index (χ0) is 13.1. The van der Waals surface area contributed by atoms with Crippen LogP contribution in [0.1, 0.15) is 39.4 Å². The van der Waals surface area contributed by atoms with E-state index in [9.17, 15) is 0 Å². The Kier molecular flexibility index (Phi) is 4.20. The number of rotatable bonds is 4. The highest BCUT2D eigenvalue weighted by molar-refractivity contribution is 7.12. The standard InChI is InChI=1S/C16H21NS/c1-11-7-5-6-8-16(11)13(3)17-10-15-9-12(2)14(4)18-15/h5-9,13,17H,10H2,1-4H3. The summed E-state index contributed by atoms with van der Waals surface area (Å²) >= 11 is 1.89. The third kappa shape index (κ3) is 3.01. The Morgan fingerprint density at radius 1 is 1.11 bits per heavy atom. The Balaban J connectivity index is 2.00. The molecule has 0 aliphatic carbocycles. The molecule has 1 atom stereocenters. The fraction of sp³-hybridized carbons (Fsp3) is 0.375. The fourth-order valence-electron chi connectivity index (χ4n) is 2.17. The van der Waals surface area contributed by atoms with Gasteiger partial charge in [0.05, 0.1) is 0 Å². The summed E-state index contributed by atoms with van der Waals surface area (Å²) in [4.78, 5) is 2.85. The van der Waals surface area contributed by atoms with Crippen LogP contribution in [0.25, 0.3) is 0 Å². The number of hydrogen-bond donors (Lipinski definition) is 1. The van der Waals surface area contributed by atoms with Crippen LogP contribution in [-0.2, 0) is 6.54 Å². The molecule has 1 N–H and O–H groups in total. The molecule has 2 rings (SSSR count). The van der Waals surface area contributed by atoms with Crippen LogP contribution in [0, 0.1) is 20.8 Å². The van der Waals surface area contributed by atoms with Crippen LogP contribution in [-0.4, -0.2) is 0 Å². The molecule has 1 heterocycles. The van der Waals surface area contributed by atoms with Crippen molar-refractivity contribution < 1.29 is 0 Å². The van der Waals surface area contributed by atoms with E-state index in [1.807, 2.05) is 11.3 Å². The summed E-state index contributed by atoms with van der Waals surface area (Å²) in [6.07, 6.45) is 0. The molecule has 0 saturated heterocycles. The predicted molar refractivity (Wildman–Crippen MR) is 80.2 cm³/mol. The zero-order valence-electron chi connectivity index (χ0n) is 11.6. The molecular weight excluding hydrogens is 238 g/mol. The molecule has 0 radical (unpaired) electrons. The van der Waals surface area contributed by atoms with Crippen molar-refractivity contribution in [2.24, 2.45) is 0 Å². The first-order valence-corrected chi connectivity index (χ1v) is 7.24. The van der Waals surface area contributed by atoms with Gasteiger partial charge in [-0.05, 0) is 50.5 Å². The summed E-state index contributed by atoms with van der Waals surface area (Å²) in [6, 6.07) is 11.3. The average molecular weight is 259 g/mol. The minimum Gasteiger partial charge on any atom is -0.305 e. The van der Waals surface area contributed by atoms with Gasteiger partial charge in [-0.1, -0.05) is 24.3 Å². The number of aryl methyl sites for hydroxylation is 3. The monoisotopic (exact) mass is 259 g/mol. The number of benzene rings is 1. The lowest BCUT2D eigenvalue weighted by Gasteiger charge is -2.15. The fourth-order valence-corrected chi connectivity index (χ4v) is 3.18. The zero-order valence-corrected chi connectivity index (χ0v) is 12.4.